The topological polar surface area (TPSA) is 69.7 Å². The van der Waals surface area contributed by atoms with Crippen LogP contribution in [0.3, 0.4) is 0 Å². The molecule has 2 aliphatic rings. The fraction of sp³-hybridized carbons (Fsp3) is 0.450. The monoisotopic (exact) mass is 344 g/mol. The highest BCUT2D eigenvalue weighted by Crippen LogP contribution is 2.36. The highest BCUT2D eigenvalue weighted by Gasteiger charge is 2.44. The van der Waals surface area contributed by atoms with Gasteiger partial charge in [-0.3, -0.25) is 4.79 Å². The highest BCUT2D eigenvalue weighted by molar-refractivity contribution is 5.92. The first-order valence-electron chi connectivity index (χ1n) is 8.42. The Morgan fingerprint density at radius 2 is 2.16 bits per heavy atom. The van der Waals surface area contributed by atoms with Crippen LogP contribution < -0.4 is 0 Å². The number of allylic oxidation sites excluding steroid dienone is 3. The highest BCUT2D eigenvalue weighted by atomic mass is 16.6. The number of carbonyl (C=O) groups is 3. The van der Waals surface area contributed by atoms with E-state index < -0.39 is 30.1 Å². The minimum Gasteiger partial charge on any atom is -0.458 e. The molecule has 1 aliphatic heterocycles. The van der Waals surface area contributed by atoms with Crippen molar-refractivity contribution in [2.45, 2.75) is 52.2 Å². The van der Waals surface area contributed by atoms with Gasteiger partial charge in [-0.05, 0) is 45.3 Å². The molecular weight excluding hydrogens is 320 g/mol. The van der Waals surface area contributed by atoms with Crippen molar-refractivity contribution in [1.82, 2.24) is 0 Å². The van der Waals surface area contributed by atoms with E-state index in [9.17, 15) is 14.4 Å². The average Bonchev–Trinajstić information content (AvgIpc) is 2.85. The van der Waals surface area contributed by atoms with Crippen LogP contribution in [0.4, 0.5) is 0 Å². The Morgan fingerprint density at radius 3 is 2.80 bits per heavy atom. The molecule has 0 aromatic rings. The summed E-state index contributed by atoms with van der Waals surface area (Å²) < 4.78 is 11.1. The molecule has 0 saturated carbocycles. The van der Waals surface area contributed by atoms with Gasteiger partial charge in [0, 0.05) is 17.6 Å². The van der Waals surface area contributed by atoms with Gasteiger partial charge < -0.3 is 9.47 Å². The van der Waals surface area contributed by atoms with Crippen molar-refractivity contribution in [2.75, 3.05) is 0 Å². The van der Waals surface area contributed by atoms with Crippen LogP contribution in [0.15, 0.2) is 47.1 Å². The van der Waals surface area contributed by atoms with Gasteiger partial charge in [0.2, 0.25) is 0 Å². The first-order chi connectivity index (χ1) is 11.9. The van der Waals surface area contributed by atoms with Crippen LogP contribution in [0.2, 0.25) is 0 Å². The number of fused-ring (bicyclic) bond motifs is 1. The Hall–Kier alpha value is -2.43. The summed E-state index contributed by atoms with van der Waals surface area (Å²) in [5.41, 5.74) is 2.34. The number of esters is 2. The lowest BCUT2D eigenvalue weighted by Crippen LogP contribution is -2.34. The van der Waals surface area contributed by atoms with Crippen molar-refractivity contribution < 1.29 is 23.9 Å². The van der Waals surface area contributed by atoms with Gasteiger partial charge in [-0.25, -0.2) is 9.59 Å². The summed E-state index contributed by atoms with van der Waals surface area (Å²) >= 11 is 0. The van der Waals surface area contributed by atoms with Crippen LogP contribution in [-0.4, -0.2) is 30.4 Å². The maximum Gasteiger partial charge on any atom is 0.334 e. The zero-order valence-corrected chi connectivity index (χ0v) is 14.9. The smallest absolute Gasteiger partial charge is 0.334 e. The molecule has 1 fully saturated rings. The molecular formula is C20H24O5. The fourth-order valence-electron chi connectivity index (χ4n) is 3.03. The molecule has 134 valence electrons. The predicted molar refractivity (Wildman–Crippen MR) is 93.6 cm³/mol. The molecule has 1 aliphatic carbocycles. The number of hydrogen-bond donors (Lipinski definition) is 0. The van der Waals surface area contributed by atoms with Crippen LogP contribution in [-0.2, 0) is 23.9 Å². The summed E-state index contributed by atoms with van der Waals surface area (Å²) in [5, 5.41) is 0. The second-order valence-corrected chi connectivity index (χ2v) is 6.49. The van der Waals surface area contributed by atoms with E-state index >= 15 is 0 Å². The summed E-state index contributed by atoms with van der Waals surface area (Å²) in [4.78, 5) is 35.7. The maximum atomic E-state index is 12.3. The predicted octanol–water partition coefficient (Wildman–Crippen LogP) is 3.22. The summed E-state index contributed by atoms with van der Waals surface area (Å²) in [7, 11) is 0. The zero-order chi connectivity index (χ0) is 18.6. The summed E-state index contributed by atoms with van der Waals surface area (Å²) in [6, 6.07) is 0. The second-order valence-electron chi connectivity index (χ2n) is 6.49. The molecule has 0 spiro atoms. The lowest BCUT2D eigenvalue weighted by Gasteiger charge is -2.27. The minimum absolute atomic E-state index is 0.232. The molecule has 25 heavy (non-hydrogen) atoms. The lowest BCUT2D eigenvalue weighted by atomic mass is 9.85. The van der Waals surface area contributed by atoms with E-state index in [1.165, 1.54) is 0 Å². The first-order valence-corrected chi connectivity index (χ1v) is 8.42. The summed E-state index contributed by atoms with van der Waals surface area (Å²) in [6.45, 7) is 9.18. The van der Waals surface area contributed by atoms with Gasteiger partial charge in [-0.2, -0.15) is 0 Å². The molecule has 0 N–H and O–H groups in total. The fourth-order valence-corrected chi connectivity index (χ4v) is 3.03. The van der Waals surface area contributed by atoms with Crippen molar-refractivity contribution in [1.29, 1.82) is 0 Å². The first kappa shape index (κ1) is 18.9. The molecule has 3 atom stereocenters. The van der Waals surface area contributed by atoms with Crippen molar-refractivity contribution in [3.05, 3.63) is 47.1 Å². The minimum atomic E-state index is -0.690. The summed E-state index contributed by atoms with van der Waals surface area (Å²) in [5.74, 6) is -1.46. The standard InChI is InChI=1S/C20H24O5/c1-5-13(3)19(22)24-17-10-15(11-21)8-6-7-12(2)9-16-18(17)14(4)20(23)25-16/h5,8-9,11,16-18H,4,6-7,10H2,1-3H3/b12-9-,13-5+,15-8+/t16-,17-,18-/m0/s1. The molecule has 0 unspecified atom stereocenters. The van der Waals surface area contributed by atoms with Gasteiger partial charge in [-0.15, -0.1) is 0 Å². The Morgan fingerprint density at radius 1 is 1.44 bits per heavy atom. The molecule has 0 aromatic carbocycles. The van der Waals surface area contributed by atoms with E-state index in [0.29, 0.717) is 17.6 Å². The molecule has 1 saturated heterocycles. The van der Waals surface area contributed by atoms with Gasteiger partial charge >= 0.3 is 11.9 Å². The van der Waals surface area contributed by atoms with E-state index in [-0.39, 0.29) is 12.0 Å². The van der Waals surface area contributed by atoms with Crippen LogP contribution >= 0.6 is 0 Å². The van der Waals surface area contributed by atoms with Crippen molar-refractivity contribution in [2.24, 2.45) is 5.92 Å². The molecule has 0 bridgehead atoms. The van der Waals surface area contributed by atoms with Gasteiger partial charge in [0.25, 0.3) is 0 Å². The SMILES string of the molecule is C=C1C(=O)O[C@H]2/C=C(/C)CC/C=C(/C=O)C[C@H](OC(=O)/C(C)=C/C)[C@@H]12. The number of hydrogen-bond acceptors (Lipinski definition) is 5. The van der Waals surface area contributed by atoms with Crippen LogP contribution in [0.1, 0.15) is 40.0 Å². The lowest BCUT2D eigenvalue weighted by molar-refractivity contribution is -0.147. The Kier molecular flexibility index (Phi) is 6.12. The quantitative estimate of drug-likeness (QED) is 0.340. The van der Waals surface area contributed by atoms with E-state index in [1.807, 2.05) is 19.1 Å². The van der Waals surface area contributed by atoms with Gasteiger partial charge in [0.05, 0.1) is 5.92 Å². The Balaban J connectivity index is 2.42. The third-order valence-corrected chi connectivity index (χ3v) is 4.66. The molecule has 0 radical (unpaired) electrons. The second kappa shape index (κ2) is 8.10. The van der Waals surface area contributed by atoms with Crippen LogP contribution in [0.25, 0.3) is 0 Å². The van der Waals surface area contributed by atoms with E-state index in [4.69, 9.17) is 9.47 Å². The van der Waals surface area contributed by atoms with Crippen molar-refractivity contribution in [3.8, 4) is 0 Å². The summed E-state index contributed by atoms with van der Waals surface area (Å²) in [6.07, 6.45) is 6.67. The average molecular weight is 344 g/mol. The number of carbonyl (C=O) groups excluding carboxylic acids is 3. The third kappa shape index (κ3) is 4.35. The number of ether oxygens (including phenoxy) is 2. The molecule has 0 amide bonds. The molecule has 5 heteroatoms. The van der Waals surface area contributed by atoms with Gasteiger partial charge in [-0.1, -0.05) is 24.3 Å². The van der Waals surface area contributed by atoms with E-state index in [1.54, 1.807) is 19.9 Å². The van der Waals surface area contributed by atoms with Gasteiger partial charge in [0.15, 0.2) is 0 Å². The number of rotatable bonds is 3. The van der Waals surface area contributed by atoms with Crippen molar-refractivity contribution in [3.63, 3.8) is 0 Å². The Bertz CT molecular complexity index is 680. The normalized spacial score (nSPS) is 31.8. The van der Waals surface area contributed by atoms with Crippen LogP contribution in [0, 0.1) is 5.92 Å². The van der Waals surface area contributed by atoms with Crippen LogP contribution in [0.5, 0.6) is 0 Å². The molecule has 0 aromatic heterocycles. The zero-order valence-electron chi connectivity index (χ0n) is 14.9. The maximum absolute atomic E-state index is 12.3. The van der Waals surface area contributed by atoms with E-state index in [2.05, 4.69) is 6.58 Å². The molecule has 5 nitrogen and oxygen atoms in total. The van der Waals surface area contributed by atoms with Crippen molar-refractivity contribution >= 4 is 18.2 Å². The largest absolute Gasteiger partial charge is 0.458 e. The number of aldehydes is 1. The van der Waals surface area contributed by atoms with E-state index in [0.717, 1.165) is 18.3 Å². The molecule has 2 rings (SSSR count). The van der Waals surface area contributed by atoms with Gasteiger partial charge in [0.1, 0.15) is 18.5 Å². The molecule has 1 heterocycles. The Labute approximate surface area is 148 Å². The third-order valence-electron chi connectivity index (χ3n) is 4.66.